The Hall–Kier alpha value is -1.56. The molecule has 0 aliphatic carbocycles. The van der Waals surface area contributed by atoms with Crippen LogP contribution in [-0.4, -0.2) is 30.2 Å². The van der Waals surface area contributed by atoms with Crippen molar-refractivity contribution in [2.45, 2.75) is 39.2 Å². The van der Waals surface area contributed by atoms with Crippen LogP contribution in [0, 0.1) is 0 Å². The third-order valence-electron chi connectivity index (χ3n) is 2.48. The zero-order valence-electron chi connectivity index (χ0n) is 10.5. The maximum absolute atomic E-state index is 11.4. The Bertz CT molecular complexity index is 367. The minimum absolute atomic E-state index is 0.254. The highest BCUT2D eigenvalue weighted by Crippen LogP contribution is 2.46. The van der Waals surface area contributed by atoms with E-state index in [1.165, 1.54) is 6.92 Å². The summed E-state index contributed by atoms with van der Waals surface area (Å²) in [6.07, 6.45) is -0.620. The summed E-state index contributed by atoms with van der Waals surface area (Å²) in [5, 5.41) is 2.48. The van der Waals surface area contributed by atoms with Crippen LogP contribution >= 0.6 is 0 Å². The second-order valence-corrected chi connectivity index (χ2v) is 4.10. The van der Waals surface area contributed by atoms with Gasteiger partial charge in [-0.1, -0.05) is 6.58 Å². The summed E-state index contributed by atoms with van der Waals surface area (Å²) in [7, 11) is 0. The predicted molar refractivity (Wildman–Crippen MR) is 59.0 cm³/mol. The van der Waals surface area contributed by atoms with Gasteiger partial charge >= 0.3 is 12.1 Å². The molecule has 1 aliphatic rings. The van der Waals surface area contributed by atoms with E-state index in [-0.39, 0.29) is 12.2 Å². The molecule has 2 atom stereocenters. The van der Waals surface area contributed by atoms with Crippen LogP contribution in [0.3, 0.4) is 0 Å². The molecule has 0 radical (unpaired) electrons. The van der Waals surface area contributed by atoms with Crippen molar-refractivity contribution in [1.29, 1.82) is 0 Å². The molecule has 1 aliphatic heterocycles. The fraction of sp³-hybridized carbons (Fsp3) is 0.636. The van der Waals surface area contributed by atoms with E-state index in [2.05, 4.69) is 11.9 Å². The molecule has 1 heterocycles. The summed E-state index contributed by atoms with van der Waals surface area (Å²) in [6, 6.07) is 0. The minimum atomic E-state index is -1.18. The summed E-state index contributed by atoms with van der Waals surface area (Å²) < 4.78 is 15.0. The van der Waals surface area contributed by atoms with Crippen molar-refractivity contribution in [1.82, 2.24) is 5.32 Å². The summed E-state index contributed by atoms with van der Waals surface area (Å²) in [5.41, 5.74) is -0.801. The molecule has 1 N–H and O–H groups in total. The first-order chi connectivity index (χ1) is 7.74. The summed E-state index contributed by atoms with van der Waals surface area (Å²) in [5.74, 6) is -1.75. The van der Waals surface area contributed by atoms with Crippen molar-refractivity contribution < 1.29 is 23.8 Å². The monoisotopic (exact) mass is 243 g/mol. The molecule has 1 fully saturated rings. The molecule has 96 valence electrons. The van der Waals surface area contributed by atoms with Gasteiger partial charge in [0.15, 0.2) is 0 Å². The first-order valence-electron chi connectivity index (χ1n) is 5.28. The lowest BCUT2D eigenvalue weighted by Gasteiger charge is -2.14. The third kappa shape index (κ3) is 2.76. The lowest BCUT2D eigenvalue weighted by atomic mass is 10.2. The molecule has 0 spiro atoms. The van der Waals surface area contributed by atoms with Gasteiger partial charge in [-0.05, 0) is 20.8 Å². The van der Waals surface area contributed by atoms with Gasteiger partial charge in [-0.15, -0.1) is 0 Å². The number of nitrogens with one attached hydrogen (secondary N) is 1. The van der Waals surface area contributed by atoms with Crippen molar-refractivity contribution >= 4 is 12.1 Å². The fourth-order valence-corrected chi connectivity index (χ4v) is 1.25. The molecule has 0 bridgehead atoms. The average Bonchev–Trinajstić information content (AvgIpc) is 2.66. The molecule has 2 unspecified atom stereocenters. The van der Waals surface area contributed by atoms with Gasteiger partial charge in [-0.2, -0.15) is 0 Å². The Morgan fingerprint density at radius 3 is 2.47 bits per heavy atom. The van der Waals surface area contributed by atoms with E-state index in [0.29, 0.717) is 0 Å². The first-order valence-corrected chi connectivity index (χ1v) is 5.28. The van der Waals surface area contributed by atoms with Gasteiger partial charge in [0, 0.05) is 12.5 Å². The van der Waals surface area contributed by atoms with E-state index in [1.54, 1.807) is 20.8 Å². The number of rotatable bonds is 4. The molecular weight excluding hydrogens is 226 g/mol. The summed E-state index contributed by atoms with van der Waals surface area (Å²) in [6.45, 7) is 10.1. The smallest absolute Gasteiger partial charge is 0.409 e. The normalized spacial score (nSPS) is 30.4. The van der Waals surface area contributed by atoms with Gasteiger partial charge in [0.05, 0.1) is 6.61 Å². The molecule has 1 rings (SSSR count). The predicted octanol–water partition coefficient (Wildman–Crippen LogP) is 1.31. The molecule has 0 aromatic carbocycles. The lowest BCUT2D eigenvalue weighted by molar-refractivity contribution is -0.152. The van der Waals surface area contributed by atoms with Crippen LogP contribution < -0.4 is 5.32 Å². The maximum atomic E-state index is 11.4. The number of amides is 1. The van der Waals surface area contributed by atoms with Crippen molar-refractivity contribution in [3.05, 3.63) is 12.2 Å². The number of esters is 1. The van der Waals surface area contributed by atoms with E-state index in [9.17, 15) is 9.59 Å². The van der Waals surface area contributed by atoms with Crippen LogP contribution in [0.4, 0.5) is 4.79 Å². The van der Waals surface area contributed by atoms with Gasteiger partial charge in [-0.25, -0.2) is 9.59 Å². The lowest BCUT2D eigenvalue weighted by Crippen LogP contribution is -2.42. The van der Waals surface area contributed by atoms with Crippen molar-refractivity contribution in [2.75, 3.05) is 6.61 Å². The van der Waals surface area contributed by atoms with Crippen molar-refractivity contribution in [2.24, 2.45) is 0 Å². The summed E-state index contributed by atoms with van der Waals surface area (Å²) in [4.78, 5) is 22.6. The van der Waals surface area contributed by atoms with E-state index in [0.717, 1.165) is 0 Å². The Balaban J connectivity index is 2.56. The number of hydrogen-bond donors (Lipinski definition) is 1. The number of epoxide rings is 1. The minimum Gasteiger partial charge on any atom is -0.450 e. The van der Waals surface area contributed by atoms with Crippen LogP contribution in [0.2, 0.25) is 0 Å². The largest absolute Gasteiger partial charge is 0.450 e. The van der Waals surface area contributed by atoms with E-state index >= 15 is 0 Å². The van der Waals surface area contributed by atoms with Crippen molar-refractivity contribution in [3.8, 4) is 0 Å². The highest BCUT2D eigenvalue weighted by atomic mass is 16.8. The number of hydrogen-bond acceptors (Lipinski definition) is 5. The molecule has 0 aromatic heterocycles. The summed E-state index contributed by atoms with van der Waals surface area (Å²) >= 11 is 0. The highest BCUT2D eigenvalue weighted by Gasteiger charge is 2.69. The molecule has 1 amide bonds. The average molecular weight is 243 g/mol. The van der Waals surface area contributed by atoms with Crippen LogP contribution in [0.1, 0.15) is 27.7 Å². The Morgan fingerprint density at radius 1 is 1.41 bits per heavy atom. The molecule has 0 saturated carbocycles. The first kappa shape index (κ1) is 13.5. The SMILES string of the molecule is C=C(C)C(=O)OC1(C)OC1(C)NC(=O)OCC. The van der Waals surface area contributed by atoms with Gasteiger partial charge < -0.3 is 14.2 Å². The second kappa shape index (κ2) is 4.37. The van der Waals surface area contributed by atoms with Crippen LogP contribution in [0.25, 0.3) is 0 Å². The third-order valence-corrected chi connectivity index (χ3v) is 2.48. The zero-order valence-corrected chi connectivity index (χ0v) is 10.5. The van der Waals surface area contributed by atoms with Gasteiger partial charge in [0.25, 0.3) is 5.79 Å². The standard InChI is InChI=1S/C11H17NO5/c1-6-15-9(14)12-10(4)11(5,17-10)16-8(13)7(2)3/h2,6H2,1,3-5H3,(H,12,14). The highest BCUT2D eigenvalue weighted by molar-refractivity contribution is 5.87. The quantitative estimate of drug-likeness (QED) is 0.457. The topological polar surface area (TPSA) is 77.2 Å². The molecule has 0 aromatic rings. The van der Waals surface area contributed by atoms with Gasteiger partial charge in [0.2, 0.25) is 5.72 Å². The molecule has 1 saturated heterocycles. The molecule has 6 nitrogen and oxygen atoms in total. The van der Waals surface area contributed by atoms with E-state index < -0.39 is 23.6 Å². The molecule has 6 heteroatoms. The fourth-order valence-electron chi connectivity index (χ4n) is 1.25. The zero-order chi connectivity index (χ0) is 13.3. The Labute approximate surface area is 99.9 Å². The van der Waals surface area contributed by atoms with Crippen LogP contribution in [0.5, 0.6) is 0 Å². The van der Waals surface area contributed by atoms with E-state index in [1.807, 2.05) is 0 Å². The second-order valence-electron chi connectivity index (χ2n) is 4.10. The number of ether oxygens (including phenoxy) is 3. The Kier molecular flexibility index (Phi) is 3.47. The van der Waals surface area contributed by atoms with Crippen molar-refractivity contribution in [3.63, 3.8) is 0 Å². The molecule has 17 heavy (non-hydrogen) atoms. The number of carbonyl (C=O) groups excluding carboxylic acids is 2. The van der Waals surface area contributed by atoms with Gasteiger partial charge in [-0.3, -0.25) is 5.32 Å². The Morgan fingerprint density at radius 2 is 2.00 bits per heavy atom. The van der Waals surface area contributed by atoms with Crippen LogP contribution in [-0.2, 0) is 19.0 Å². The number of carbonyl (C=O) groups is 2. The van der Waals surface area contributed by atoms with Gasteiger partial charge in [0.1, 0.15) is 0 Å². The van der Waals surface area contributed by atoms with Crippen LogP contribution in [0.15, 0.2) is 12.2 Å². The number of alkyl carbamates (subject to hydrolysis) is 1. The maximum Gasteiger partial charge on any atom is 0.409 e. The van der Waals surface area contributed by atoms with E-state index in [4.69, 9.17) is 14.2 Å². The molecular formula is C11H17NO5.